The van der Waals surface area contributed by atoms with Gasteiger partial charge in [0.05, 0.1) is 5.69 Å². The van der Waals surface area contributed by atoms with Gasteiger partial charge in [-0.25, -0.2) is 4.98 Å². The summed E-state index contributed by atoms with van der Waals surface area (Å²) >= 11 is 0. The van der Waals surface area contributed by atoms with Crippen molar-refractivity contribution in [2.75, 3.05) is 18.5 Å². The Hall–Kier alpha value is -1.03. The molecule has 13 heavy (non-hydrogen) atoms. The Morgan fingerprint density at radius 3 is 3.23 bits per heavy atom. The maximum Gasteiger partial charge on any atom is 0.131 e. The first kappa shape index (κ1) is 7.38. The zero-order valence-electron chi connectivity index (χ0n) is 7.82. The van der Waals surface area contributed by atoms with Gasteiger partial charge in [-0.3, -0.25) is 0 Å². The minimum atomic E-state index is 0.279. The molecule has 2 aliphatic heterocycles. The molecule has 1 atom stereocenters. The molecule has 0 fully saturated rings. The van der Waals surface area contributed by atoms with Crippen molar-refractivity contribution in [3.63, 3.8) is 0 Å². The molecule has 1 unspecified atom stereocenters. The van der Waals surface area contributed by atoms with Crippen LogP contribution in [-0.2, 0) is 19.4 Å². The minimum Gasteiger partial charge on any atom is -0.359 e. The lowest BCUT2D eigenvalue weighted by atomic mass is 10.2. The van der Waals surface area contributed by atoms with Gasteiger partial charge in [0, 0.05) is 39.0 Å². The summed E-state index contributed by atoms with van der Waals surface area (Å²) in [6.07, 6.45) is 2.04. The number of imidazole rings is 1. The number of anilines is 1. The van der Waals surface area contributed by atoms with Crippen molar-refractivity contribution in [1.29, 1.82) is 0 Å². The monoisotopic (exact) mass is 178 g/mol. The molecule has 0 bridgehead atoms. The lowest BCUT2D eigenvalue weighted by Gasteiger charge is -2.14. The first-order valence-corrected chi connectivity index (χ1v) is 4.80. The molecule has 3 rings (SSSR count). The van der Waals surface area contributed by atoms with Crippen LogP contribution >= 0.6 is 0 Å². The van der Waals surface area contributed by atoms with Gasteiger partial charge < -0.3 is 15.2 Å². The lowest BCUT2D eigenvalue weighted by Crippen LogP contribution is -2.22. The first-order chi connectivity index (χ1) is 6.25. The summed E-state index contributed by atoms with van der Waals surface area (Å²) in [4.78, 5) is 6.90. The van der Waals surface area contributed by atoms with E-state index >= 15 is 0 Å². The number of nitrogens with two attached hydrogens (primary N) is 1. The SMILES string of the molecule is CN1CCc2nc3n(c21)CC(N)C3. The number of rotatable bonds is 0. The van der Waals surface area contributed by atoms with Gasteiger partial charge in [0.2, 0.25) is 0 Å². The Bertz CT molecular complexity index is 355. The average Bonchev–Trinajstić information content (AvgIpc) is 2.63. The van der Waals surface area contributed by atoms with Crippen LogP contribution in [0.4, 0.5) is 5.82 Å². The van der Waals surface area contributed by atoms with Crippen LogP contribution in [0.5, 0.6) is 0 Å². The fourth-order valence-corrected chi connectivity index (χ4v) is 2.40. The van der Waals surface area contributed by atoms with Gasteiger partial charge in [-0.15, -0.1) is 0 Å². The zero-order valence-corrected chi connectivity index (χ0v) is 7.82. The Balaban J connectivity index is 2.12. The molecule has 0 spiro atoms. The van der Waals surface area contributed by atoms with Gasteiger partial charge in [-0.05, 0) is 0 Å². The van der Waals surface area contributed by atoms with Crippen LogP contribution in [0.15, 0.2) is 0 Å². The van der Waals surface area contributed by atoms with E-state index in [-0.39, 0.29) is 6.04 Å². The molecule has 1 aromatic heterocycles. The van der Waals surface area contributed by atoms with Crippen molar-refractivity contribution in [3.8, 4) is 0 Å². The van der Waals surface area contributed by atoms with Crippen LogP contribution in [0.3, 0.4) is 0 Å². The standard InChI is InChI=1S/C9H14N4/c1-12-3-2-7-9(12)13-5-6(10)4-8(13)11-7/h6H,2-5,10H2,1H3. The van der Waals surface area contributed by atoms with Crippen LogP contribution in [0.2, 0.25) is 0 Å². The number of fused-ring (bicyclic) bond motifs is 3. The molecule has 4 nitrogen and oxygen atoms in total. The summed E-state index contributed by atoms with van der Waals surface area (Å²) in [6.45, 7) is 2.05. The van der Waals surface area contributed by atoms with Crippen molar-refractivity contribution in [3.05, 3.63) is 11.5 Å². The van der Waals surface area contributed by atoms with Crippen LogP contribution < -0.4 is 10.6 Å². The molecular formula is C9H14N4. The maximum atomic E-state index is 5.89. The van der Waals surface area contributed by atoms with E-state index in [1.807, 2.05) is 0 Å². The fraction of sp³-hybridized carbons (Fsp3) is 0.667. The van der Waals surface area contributed by atoms with Crippen LogP contribution in [0.1, 0.15) is 11.5 Å². The van der Waals surface area contributed by atoms with Gasteiger partial charge in [0.1, 0.15) is 11.6 Å². The fourth-order valence-electron chi connectivity index (χ4n) is 2.40. The van der Waals surface area contributed by atoms with E-state index in [0.717, 1.165) is 25.9 Å². The summed E-state index contributed by atoms with van der Waals surface area (Å²) in [6, 6.07) is 0.279. The van der Waals surface area contributed by atoms with Gasteiger partial charge in [0.25, 0.3) is 0 Å². The topological polar surface area (TPSA) is 47.1 Å². The van der Waals surface area contributed by atoms with Crippen molar-refractivity contribution in [2.24, 2.45) is 5.73 Å². The van der Waals surface area contributed by atoms with E-state index in [4.69, 9.17) is 5.73 Å². The highest BCUT2D eigenvalue weighted by Crippen LogP contribution is 2.31. The third-order valence-electron chi connectivity index (χ3n) is 3.00. The zero-order chi connectivity index (χ0) is 9.00. The van der Waals surface area contributed by atoms with Crippen LogP contribution in [-0.4, -0.2) is 29.2 Å². The Kier molecular flexibility index (Phi) is 1.28. The van der Waals surface area contributed by atoms with Crippen molar-refractivity contribution in [2.45, 2.75) is 25.4 Å². The second-order valence-corrected chi connectivity index (χ2v) is 4.04. The number of likely N-dealkylation sites (N-methyl/N-ethyl adjacent to an activating group) is 1. The summed E-state index contributed by atoms with van der Waals surface area (Å²) in [5, 5.41) is 0. The predicted molar refractivity (Wildman–Crippen MR) is 50.9 cm³/mol. The molecule has 0 radical (unpaired) electrons. The Labute approximate surface area is 77.3 Å². The number of nitrogens with zero attached hydrogens (tertiary/aromatic N) is 3. The van der Waals surface area contributed by atoms with Crippen molar-refractivity contribution < 1.29 is 0 Å². The molecule has 0 aromatic carbocycles. The van der Waals surface area contributed by atoms with Gasteiger partial charge in [0.15, 0.2) is 0 Å². The van der Waals surface area contributed by atoms with Crippen molar-refractivity contribution >= 4 is 5.82 Å². The van der Waals surface area contributed by atoms with E-state index in [1.165, 1.54) is 17.3 Å². The highest BCUT2D eigenvalue weighted by molar-refractivity contribution is 5.51. The normalized spacial score (nSPS) is 25.1. The molecule has 2 N–H and O–H groups in total. The van der Waals surface area contributed by atoms with Gasteiger partial charge >= 0.3 is 0 Å². The second kappa shape index (κ2) is 2.26. The van der Waals surface area contributed by atoms with E-state index < -0.39 is 0 Å². The highest BCUT2D eigenvalue weighted by atomic mass is 15.3. The highest BCUT2D eigenvalue weighted by Gasteiger charge is 2.30. The van der Waals surface area contributed by atoms with E-state index in [1.54, 1.807) is 0 Å². The summed E-state index contributed by atoms with van der Waals surface area (Å²) in [5.74, 6) is 2.49. The third-order valence-corrected chi connectivity index (χ3v) is 3.00. The molecule has 1 aromatic rings. The maximum absolute atomic E-state index is 5.89. The van der Waals surface area contributed by atoms with E-state index in [9.17, 15) is 0 Å². The van der Waals surface area contributed by atoms with Crippen molar-refractivity contribution in [1.82, 2.24) is 9.55 Å². The molecule has 0 saturated heterocycles. The van der Waals surface area contributed by atoms with E-state index in [0.29, 0.717) is 0 Å². The predicted octanol–water partition coefficient (Wildman–Crippen LogP) is -0.241. The second-order valence-electron chi connectivity index (χ2n) is 4.04. The Morgan fingerprint density at radius 2 is 2.38 bits per heavy atom. The van der Waals surface area contributed by atoms with Gasteiger partial charge in [-0.2, -0.15) is 0 Å². The third kappa shape index (κ3) is 0.864. The molecule has 0 aliphatic carbocycles. The number of hydrogen-bond donors (Lipinski definition) is 1. The summed E-state index contributed by atoms with van der Waals surface area (Å²) < 4.78 is 2.28. The van der Waals surface area contributed by atoms with Gasteiger partial charge in [-0.1, -0.05) is 0 Å². The Morgan fingerprint density at radius 1 is 1.54 bits per heavy atom. The molecule has 70 valence electrons. The lowest BCUT2D eigenvalue weighted by molar-refractivity contribution is 0.639. The summed E-state index contributed by atoms with van der Waals surface area (Å²) in [5.41, 5.74) is 7.16. The minimum absolute atomic E-state index is 0.279. The van der Waals surface area contributed by atoms with E-state index in [2.05, 4.69) is 21.5 Å². The summed E-state index contributed by atoms with van der Waals surface area (Å²) in [7, 11) is 2.13. The molecule has 3 heterocycles. The van der Waals surface area contributed by atoms with Crippen LogP contribution in [0.25, 0.3) is 0 Å². The average molecular weight is 178 g/mol. The molecule has 0 amide bonds. The molecule has 0 saturated carbocycles. The molecule has 2 aliphatic rings. The number of aromatic nitrogens is 2. The first-order valence-electron chi connectivity index (χ1n) is 4.80. The largest absolute Gasteiger partial charge is 0.359 e. The number of hydrogen-bond acceptors (Lipinski definition) is 3. The smallest absolute Gasteiger partial charge is 0.131 e. The molecule has 4 heteroatoms. The van der Waals surface area contributed by atoms with Crippen LogP contribution in [0, 0.1) is 0 Å². The molecular weight excluding hydrogens is 164 g/mol. The quantitative estimate of drug-likeness (QED) is 0.596.